The van der Waals surface area contributed by atoms with Gasteiger partial charge in [-0.2, -0.15) is 0 Å². The molecule has 0 aliphatic rings. The van der Waals surface area contributed by atoms with Gasteiger partial charge in [0.25, 0.3) is 0 Å². The van der Waals surface area contributed by atoms with E-state index in [1.54, 1.807) is 0 Å². The van der Waals surface area contributed by atoms with Gasteiger partial charge in [0.15, 0.2) is 5.69 Å². The van der Waals surface area contributed by atoms with Crippen molar-refractivity contribution in [2.24, 2.45) is 0 Å². The molecule has 13 heavy (non-hydrogen) atoms. The first-order valence-electron chi connectivity index (χ1n) is 3.22. The maximum Gasteiger partial charge on any atom is 0.356 e. The van der Waals surface area contributed by atoms with Crippen LogP contribution in [0.2, 0.25) is 5.02 Å². The van der Waals surface area contributed by atoms with Crippen LogP contribution in [0.3, 0.4) is 0 Å². The monoisotopic (exact) mass is 205 g/mol. The normalized spacial score (nSPS) is 9.69. The first-order chi connectivity index (χ1) is 6.15. The van der Waals surface area contributed by atoms with Crippen molar-refractivity contribution in [1.82, 2.24) is 4.98 Å². The summed E-state index contributed by atoms with van der Waals surface area (Å²) in [5.41, 5.74) is -0.284. The van der Waals surface area contributed by atoms with Crippen LogP contribution in [0.1, 0.15) is 10.5 Å². The number of carbonyl (C=O) groups is 1. The van der Waals surface area contributed by atoms with E-state index in [2.05, 4.69) is 9.72 Å². The van der Waals surface area contributed by atoms with E-state index < -0.39 is 12.8 Å². The second-order valence-electron chi connectivity index (χ2n) is 2.06. The predicted octanol–water partition coefficient (Wildman–Crippen LogP) is 1.74. The molecule has 1 aromatic rings. The largest absolute Gasteiger partial charge is 0.476 e. The minimum Gasteiger partial charge on any atom is -0.476 e. The summed E-state index contributed by atoms with van der Waals surface area (Å²) < 4.78 is 16.1. The van der Waals surface area contributed by atoms with Gasteiger partial charge in [0.1, 0.15) is 5.75 Å². The molecule has 0 unspecified atom stereocenters. The molecule has 0 fully saturated rings. The molecule has 0 amide bonds. The molecule has 0 aliphatic heterocycles. The molecule has 1 rings (SSSR count). The Hall–Kier alpha value is -1.36. The highest BCUT2D eigenvalue weighted by molar-refractivity contribution is 6.33. The van der Waals surface area contributed by atoms with Crippen molar-refractivity contribution in [3.8, 4) is 5.75 Å². The van der Waals surface area contributed by atoms with Gasteiger partial charge in [0, 0.05) is 6.07 Å². The van der Waals surface area contributed by atoms with Crippen LogP contribution in [-0.2, 0) is 0 Å². The SMILES string of the molecule is O=C(O)c1ncc(OCF)cc1Cl. The summed E-state index contributed by atoms with van der Waals surface area (Å²) >= 11 is 5.51. The molecule has 0 aliphatic carbocycles. The van der Waals surface area contributed by atoms with E-state index in [-0.39, 0.29) is 16.5 Å². The fourth-order valence-electron chi connectivity index (χ4n) is 0.720. The highest BCUT2D eigenvalue weighted by atomic mass is 35.5. The molecule has 0 bridgehead atoms. The Balaban J connectivity index is 2.98. The Morgan fingerprint density at radius 1 is 1.77 bits per heavy atom. The van der Waals surface area contributed by atoms with Gasteiger partial charge in [-0.1, -0.05) is 11.6 Å². The highest BCUT2D eigenvalue weighted by Gasteiger charge is 2.10. The molecule has 4 nitrogen and oxygen atoms in total. The first kappa shape index (κ1) is 9.73. The smallest absolute Gasteiger partial charge is 0.356 e. The van der Waals surface area contributed by atoms with E-state index in [1.807, 2.05) is 0 Å². The van der Waals surface area contributed by atoms with Crippen LogP contribution < -0.4 is 4.74 Å². The lowest BCUT2D eigenvalue weighted by Gasteiger charge is -2.02. The summed E-state index contributed by atoms with van der Waals surface area (Å²) in [5, 5.41) is 8.44. The van der Waals surface area contributed by atoms with Crippen molar-refractivity contribution in [2.75, 3.05) is 6.86 Å². The second kappa shape index (κ2) is 4.04. The molecule has 70 valence electrons. The predicted molar refractivity (Wildman–Crippen MR) is 42.8 cm³/mol. The zero-order valence-corrected chi connectivity index (χ0v) is 7.08. The lowest BCUT2D eigenvalue weighted by Crippen LogP contribution is -2.01. The molecule has 1 heterocycles. The molecule has 0 spiro atoms. The lowest BCUT2D eigenvalue weighted by molar-refractivity contribution is 0.0690. The van der Waals surface area contributed by atoms with Gasteiger partial charge in [-0.25, -0.2) is 14.2 Å². The van der Waals surface area contributed by atoms with Crippen molar-refractivity contribution in [3.63, 3.8) is 0 Å². The molecular formula is C7H5ClFNO3. The second-order valence-corrected chi connectivity index (χ2v) is 2.47. The number of aromatic nitrogens is 1. The van der Waals surface area contributed by atoms with E-state index in [9.17, 15) is 9.18 Å². The third kappa shape index (κ3) is 2.29. The van der Waals surface area contributed by atoms with E-state index >= 15 is 0 Å². The average molecular weight is 206 g/mol. The van der Waals surface area contributed by atoms with Crippen molar-refractivity contribution < 1.29 is 19.0 Å². The summed E-state index contributed by atoms with van der Waals surface area (Å²) in [6.45, 7) is -1.01. The fraction of sp³-hybridized carbons (Fsp3) is 0.143. The summed E-state index contributed by atoms with van der Waals surface area (Å²) in [6.07, 6.45) is 1.09. The summed E-state index contributed by atoms with van der Waals surface area (Å²) in [5.74, 6) is -1.14. The standard InChI is InChI=1S/C7H5ClFNO3/c8-5-1-4(13-3-9)2-10-6(5)7(11)12/h1-2H,3H2,(H,11,12). The minimum absolute atomic E-state index is 0.0848. The Morgan fingerprint density at radius 3 is 2.92 bits per heavy atom. The minimum atomic E-state index is -1.24. The van der Waals surface area contributed by atoms with Gasteiger partial charge >= 0.3 is 5.97 Å². The lowest BCUT2D eigenvalue weighted by atomic mass is 10.3. The maximum atomic E-state index is 11.7. The Morgan fingerprint density at radius 2 is 2.46 bits per heavy atom. The quantitative estimate of drug-likeness (QED) is 0.817. The van der Waals surface area contributed by atoms with Gasteiger partial charge in [0.2, 0.25) is 6.86 Å². The molecule has 0 radical (unpaired) electrons. The molecule has 0 atom stereocenters. The van der Waals surface area contributed by atoms with Gasteiger partial charge in [-0.05, 0) is 0 Å². The highest BCUT2D eigenvalue weighted by Crippen LogP contribution is 2.19. The Bertz CT molecular complexity index is 332. The van der Waals surface area contributed by atoms with Crippen LogP contribution in [0.25, 0.3) is 0 Å². The Kier molecular flexibility index (Phi) is 3.02. The van der Waals surface area contributed by atoms with Crippen LogP contribution in [0.5, 0.6) is 5.75 Å². The van der Waals surface area contributed by atoms with E-state index in [0.29, 0.717) is 0 Å². The van der Waals surface area contributed by atoms with Crippen LogP contribution in [-0.4, -0.2) is 22.9 Å². The fourth-order valence-corrected chi connectivity index (χ4v) is 0.957. The van der Waals surface area contributed by atoms with Gasteiger partial charge in [0.05, 0.1) is 11.2 Å². The summed E-state index contributed by atoms with van der Waals surface area (Å²) in [6, 6.07) is 1.19. The van der Waals surface area contributed by atoms with Crippen LogP contribution >= 0.6 is 11.6 Å². The number of aromatic carboxylic acids is 1. The van der Waals surface area contributed by atoms with E-state index in [1.165, 1.54) is 6.07 Å². The zero-order chi connectivity index (χ0) is 9.84. The molecular weight excluding hydrogens is 201 g/mol. The van der Waals surface area contributed by atoms with Crippen LogP contribution in [0, 0.1) is 0 Å². The summed E-state index contributed by atoms with van der Waals surface area (Å²) in [7, 11) is 0. The number of carboxylic acid groups (broad SMARTS) is 1. The number of alkyl halides is 1. The average Bonchev–Trinajstić information content (AvgIpc) is 2.04. The molecule has 6 heteroatoms. The first-order valence-corrected chi connectivity index (χ1v) is 3.60. The van der Waals surface area contributed by atoms with Gasteiger partial charge in [-0.3, -0.25) is 0 Å². The number of carboxylic acids is 1. The van der Waals surface area contributed by atoms with Crippen molar-refractivity contribution in [1.29, 1.82) is 0 Å². The Labute approximate surface area is 77.9 Å². The number of hydrogen-bond acceptors (Lipinski definition) is 3. The number of nitrogens with zero attached hydrogens (tertiary/aromatic N) is 1. The van der Waals surface area contributed by atoms with E-state index in [4.69, 9.17) is 16.7 Å². The van der Waals surface area contributed by atoms with Crippen molar-refractivity contribution in [2.45, 2.75) is 0 Å². The number of pyridine rings is 1. The molecule has 0 saturated carbocycles. The van der Waals surface area contributed by atoms with Crippen molar-refractivity contribution >= 4 is 17.6 Å². The maximum absolute atomic E-state index is 11.7. The van der Waals surface area contributed by atoms with E-state index in [0.717, 1.165) is 6.20 Å². The molecule has 1 aromatic heterocycles. The van der Waals surface area contributed by atoms with Gasteiger partial charge in [-0.15, -0.1) is 0 Å². The van der Waals surface area contributed by atoms with Crippen LogP contribution in [0.15, 0.2) is 12.3 Å². The number of halogens is 2. The third-order valence-electron chi connectivity index (χ3n) is 1.24. The zero-order valence-electron chi connectivity index (χ0n) is 6.33. The third-order valence-corrected chi connectivity index (χ3v) is 1.53. The molecule has 1 N–H and O–H groups in total. The topological polar surface area (TPSA) is 59.4 Å². The number of hydrogen-bond donors (Lipinski definition) is 1. The molecule has 0 saturated heterocycles. The number of rotatable bonds is 3. The summed E-state index contributed by atoms with van der Waals surface area (Å²) in [4.78, 5) is 13.9. The van der Waals surface area contributed by atoms with Crippen molar-refractivity contribution in [3.05, 3.63) is 23.0 Å². The number of ether oxygens (including phenoxy) is 1. The van der Waals surface area contributed by atoms with Gasteiger partial charge < -0.3 is 9.84 Å². The van der Waals surface area contributed by atoms with Crippen LogP contribution in [0.4, 0.5) is 4.39 Å². The molecule has 0 aromatic carbocycles.